The number of likely N-dealkylation sites (N-methyl/N-ethyl adjacent to an activating group) is 2. The van der Waals surface area contributed by atoms with E-state index < -0.39 is 6.10 Å². The van der Waals surface area contributed by atoms with Crippen molar-refractivity contribution in [2.24, 2.45) is 0 Å². The molecular weight excluding hydrogens is 264 g/mol. The number of hydrogen-bond donors (Lipinski definition) is 2. The fourth-order valence-corrected chi connectivity index (χ4v) is 2.14. The zero-order valence-electron chi connectivity index (χ0n) is 14.0. The van der Waals surface area contributed by atoms with E-state index in [0.29, 0.717) is 18.7 Å². The number of carbonyl (C=O) groups is 1. The molecule has 2 N–H and O–H groups in total. The van der Waals surface area contributed by atoms with Gasteiger partial charge in [0.25, 0.3) is 5.91 Å². The van der Waals surface area contributed by atoms with Crippen molar-refractivity contribution in [2.75, 3.05) is 27.2 Å². The van der Waals surface area contributed by atoms with Crippen LogP contribution >= 0.6 is 0 Å². The highest BCUT2D eigenvalue weighted by atomic mass is 16.3. The molecule has 1 atom stereocenters. The van der Waals surface area contributed by atoms with E-state index in [-0.39, 0.29) is 11.3 Å². The maximum Gasteiger partial charge on any atom is 0.255 e. The minimum absolute atomic E-state index is 0.0123. The average Bonchev–Trinajstić information content (AvgIpc) is 2.41. The van der Waals surface area contributed by atoms with Gasteiger partial charge in [-0.05, 0) is 30.5 Å². The molecule has 4 heteroatoms. The third-order valence-corrected chi connectivity index (χ3v) is 3.59. The average molecular weight is 292 g/mol. The van der Waals surface area contributed by atoms with E-state index in [1.54, 1.807) is 11.9 Å². The Kier molecular flexibility index (Phi) is 5.93. The SMILES string of the molecule is CNCCN(C)C(=O)C(O)c1cc(C)cc(C(C)(C)C)c1. The Balaban J connectivity index is 2.99. The van der Waals surface area contributed by atoms with Gasteiger partial charge in [-0.3, -0.25) is 4.79 Å². The van der Waals surface area contributed by atoms with Gasteiger partial charge in [0.05, 0.1) is 0 Å². The van der Waals surface area contributed by atoms with E-state index in [0.717, 1.165) is 11.1 Å². The number of aryl methyl sites for hydroxylation is 1. The summed E-state index contributed by atoms with van der Waals surface area (Å²) in [6.45, 7) is 9.64. The molecule has 1 unspecified atom stereocenters. The van der Waals surface area contributed by atoms with E-state index >= 15 is 0 Å². The lowest BCUT2D eigenvalue weighted by Gasteiger charge is -2.24. The molecule has 1 amide bonds. The van der Waals surface area contributed by atoms with Crippen LogP contribution in [-0.2, 0) is 10.2 Å². The maximum atomic E-state index is 12.3. The van der Waals surface area contributed by atoms with Crippen LogP contribution in [-0.4, -0.2) is 43.1 Å². The van der Waals surface area contributed by atoms with Gasteiger partial charge in [-0.15, -0.1) is 0 Å². The molecule has 1 aromatic rings. The summed E-state index contributed by atoms with van der Waals surface area (Å²) in [7, 11) is 3.55. The summed E-state index contributed by atoms with van der Waals surface area (Å²) in [5.41, 5.74) is 2.84. The van der Waals surface area contributed by atoms with Crippen molar-refractivity contribution >= 4 is 5.91 Å². The number of carbonyl (C=O) groups excluding carboxylic acids is 1. The molecule has 118 valence electrons. The largest absolute Gasteiger partial charge is 0.378 e. The topological polar surface area (TPSA) is 52.6 Å². The molecule has 4 nitrogen and oxygen atoms in total. The van der Waals surface area contributed by atoms with E-state index in [9.17, 15) is 9.90 Å². The number of amides is 1. The van der Waals surface area contributed by atoms with E-state index in [1.165, 1.54) is 0 Å². The lowest BCUT2D eigenvalue weighted by molar-refractivity contribution is -0.139. The Hall–Kier alpha value is -1.39. The van der Waals surface area contributed by atoms with Gasteiger partial charge in [0.15, 0.2) is 6.10 Å². The van der Waals surface area contributed by atoms with Crippen molar-refractivity contribution in [3.8, 4) is 0 Å². The first-order valence-corrected chi connectivity index (χ1v) is 7.36. The molecule has 1 aromatic carbocycles. The summed E-state index contributed by atoms with van der Waals surface area (Å²) < 4.78 is 0. The van der Waals surface area contributed by atoms with Gasteiger partial charge in [0, 0.05) is 20.1 Å². The summed E-state index contributed by atoms with van der Waals surface area (Å²) in [6, 6.07) is 5.91. The smallest absolute Gasteiger partial charge is 0.255 e. The number of nitrogens with one attached hydrogen (secondary N) is 1. The van der Waals surface area contributed by atoms with Crippen LogP contribution in [0, 0.1) is 6.92 Å². The molecule has 0 saturated heterocycles. The summed E-state index contributed by atoms with van der Waals surface area (Å²) in [5.74, 6) is -0.268. The predicted molar refractivity (Wildman–Crippen MR) is 86.4 cm³/mol. The fourth-order valence-electron chi connectivity index (χ4n) is 2.14. The monoisotopic (exact) mass is 292 g/mol. The molecule has 0 saturated carbocycles. The molecule has 0 aromatic heterocycles. The minimum atomic E-state index is -1.10. The Bertz CT molecular complexity index is 492. The molecule has 0 bridgehead atoms. The van der Waals surface area contributed by atoms with Crippen LogP contribution in [0.4, 0.5) is 0 Å². The molecule has 21 heavy (non-hydrogen) atoms. The second kappa shape index (κ2) is 7.05. The van der Waals surface area contributed by atoms with Gasteiger partial charge >= 0.3 is 0 Å². The predicted octanol–water partition coefficient (Wildman–Crippen LogP) is 2.00. The van der Waals surface area contributed by atoms with Crippen molar-refractivity contribution in [1.29, 1.82) is 0 Å². The quantitative estimate of drug-likeness (QED) is 0.873. The normalized spacial score (nSPS) is 13.1. The van der Waals surface area contributed by atoms with E-state index in [2.05, 4.69) is 32.2 Å². The third kappa shape index (κ3) is 4.83. The molecule has 0 spiro atoms. The standard InChI is InChI=1S/C17H28N2O2/c1-12-9-13(11-14(10-12)17(2,3)4)15(20)16(21)19(6)8-7-18-5/h9-11,15,18,20H,7-8H2,1-6H3. The summed E-state index contributed by atoms with van der Waals surface area (Å²) in [5, 5.41) is 13.4. The Morgan fingerprint density at radius 3 is 2.48 bits per heavy atom. The first kappa shape index (κ1) is 17.7. The molecule has 0 fully saturated rings. The highest BCUT2D eigenvalue weighted by Crippen LogP contribution is 2.27. The highest BCUT2D eigenvalue weighted by Gasteiger charge is 2.23. The Morgan fingerprint density at radius 1 is 1.33 bits per heavy atom. The second-order valence-electron chi connectivity index (χ2n) is 6.65. The molecule has 0 heterocycles. The number of aliphatic hydroxyl groups excluding tert-OH is 1. The van der Waals surface area contributed by atoms with Gasteiger partial charge in [0.2, 0.25) is 0 Å². The van der Waals surface area contributed by atoms with Crippen LogP contribution in [0.2, 0.25) is 0 Å². The molecule has 0 aliphatic rings. The fraction of sp³-hybridized carbons (Fsp3) is 0.588. The number of nitrogens with zero attached hydrogens (tertiary/aromatic N) is 1. The number of aliphatic hydroxyl groups is 1. The Morgan fingerprint density at radius 2 is 1.95 bits per heavy atom. The Labute approximate surface area is 128 Å². The van der Waals surface area contributed by atoms with Crippen LogP contribution in [0.3, 0.4) is 0 Å². The minimum Gasteiger partial charge on any atom is -0.378 e. The van der Waals surface area contributed by atoms with Crippen molar-refractivity contribution < 1.29 is 9.90 Å². The summed E-state index contributed by atoms with van der Waals surface area (Å²) in [4.78, 5) is 13.8. The molecule has 1 rings (SSSR count). The zero-order chi connectivity index (χ0) is 16.2. The molecule has 0 aliphatic carbocycles. The van der Waals surface area contributed by atoms with Crippen LogP contribution in [0.1, 0.15) is 43.6 Å². The van der Waals surface area contributed by atoms with Gasteiger partial charge in [-0.1, -0.05) is 44.5 Å². The van der Waals surface area contributed by atoms with E-state index in [1.807, 2.05) is 26.1 Å². The summed E-state index contributed by atoms with van der Waals surface area (Å²) in [6.07, 6.45) is -1.10. The molecule has 0 radical (unpaired) electrons. The number of rotatable bonds is 5. The summed E-state index contributed by atoms with van der Waals surface area (Å²) >= 11 is 0. The van der Waals surface area contributed by atoms with Crippen molar-refractivity contribution in [2.45, 2.75) is 39.2 Å². The molecular formula is C17H28N2O2. The van der Waals surface area contributed by atoms with Crippen molar-refractivity contribution in [3.05, 3.63) is 34.9 Å². The van der Waals surface area contributed by atoms with E-state index in [4.69, 9.17) is 0 Å². The third-order valence-electron chi connectivity index (χ3n) is 3.59. The number of benzene rings is 1. The van der Waals surface area contributed by atoms with Gasteiger partial charge in [-0.25, -0.2) is 0 Å². The van der Waals surface area contributed by atoms with Gasteiger partial charge < -0.3 is 15.3 Å². The van der Waals surface area contributed by atoms with Crippen LogP contribution in [0.25, 0.3) is 0 Å². The second-order valence-corrected chi connectivity index (χ2v) is 6.65. The maximum absolute atomic E-state index is 12.3. The lowest BCUT2D eigenvalue weighted by Crippen LogP contribution is -2.36. The first-order valence-electron chi connectivity index (χ1n) is 7.36. The van der Waals surface area contributed by atoms with Crippen LogP contribution in [0.5, 0.6) is 0 Å². The van der Waals surface area contributed by atoms with Crippen LogP contribution in [0.15, 0.2) is 18.2 Å². The molecule has 0 aliphatic heterocycles. The lowest BCUT2D eigenvalue weighted by atomic mass is 9.84. The van der Waals surface area contributed by atoms with Gasteiger partial charge in [-0.2, -0.15) is 0 Å². The van der Waals surface area contributed by atoms with Gasteiger partial charge in [0.1, 0.15) is 0 Å². The van der Waals surface area contributed by atoms with Crippen molar-refractivity contribution in [3.63, 3.8) is 0 Å². The van der Waals surface area contributed by atoms with Crippen LogP contribution < -0.4 is 5.32 Å². The highest BCUT2D eigenvalue weighted by molar-refractivity contribution is 5.82. The number of hydrogen-bond acceptors (Lipinski definition) is 3. The zero-order valence-corrected chi connectivity index (χ0v) is 14.0. The van der Waals surface area contributed by atoms with Crippen molar-refractivity contribution in [1.82, 2.24) is 10.2 Å². The first-order chi connectivity index (χ1) is 9.66.